The van der Waals surface area contributed by atoms with Crippen molar-refractivity contribution in [1.29, 1.82) is 5.26 Å². The van der Waals surface area contributed by atoms with Gasteiger partial charge in [0.05, 0.1) is 23.7 Å². The number of ether oxygens (including phenoxy) is 1. The summed E-state index contributed by atoms with van der Waals surface area (Å²) < 4.78 is 17.7. The monoisotopic (exact) mass is 460 g/mol. The summed E-state index contributed by atoms with van der Waals surface area (Å²) in [5.74, 6) is -0.252. The van der Waals surface area contributed by atoms with E-state index in [1.807, 2.05) is 76.2 Å². The summed E-state index contributed by atoms with van der Waals surface area (Å²) in [7, 11) is -0.696. The van der Waals surface area contributed by atoms with Gasteiger partial charge in [0, 0.05) is 12.1 Å². The fourth-order valence-corrected chi connectivity index (χ4v) is 3.34. The number of alkyl carbamates (subject to hydrolysis) is 1. The number of Topliss-reactive ketones (excluding diaryl/α,β-unsaturated/α-hetero) is 1. The largest absolute Gasteiger partial charge is 0.492 e. The zero-order valence-electron chi connectivity index (χ0n) is 20.0. The number of carbonyl (C=O) groups is 2. The molecule has 1 saturated heterocycles. The average molecular weight is 460 g/mol. The van der Waals surface area contributed by atoms with Gasteiger partial charge >= 0.3 is 13.2 Å². The molecule has 2 aromatic rings. The molecule has 0 bridgehead atoms. The molecule has 0 radical (unpaired) electrons. The zero-order valence-corrected chi connectivity index (χ0v) is 20.0. The lowest BCUT2D eigenvalue weighted by Crippen LogP contribution is -2.41. The number of hydrogen-bond donors (Lipinski definition) is 1. The number of nitriles is 1. The molecule has 1 fully saturated rings. The highest BCUT2D eigenvalue weighted by atomic mass is 16.7. The number of hydrogen-bond acceptors (Lipinski definition) is 6. The van der Waals surface area contributed by atoms with Crippen LogP contribution in [0.15, 0.2) is 60.1 Å². The van der Waals surface area contributed by atoms with E-state index in [2.05, 4.69) is 5.32 Å². The van der Waals surface area contributed by atoms with Gasteiger partial charge in [-0.1, -0.05) is 54.6 Å². The quantitative estimate of drug-likeness (QED) is 0.452. The van der Waals surface area contributed by atoms with Crippen LogP contribution < -0.4 is 5.32 Å². The number of nitrogens with zero attached hydrogens (tertiary/aromatic N) is 1. The van der Waals surface area contributed by atoms with Gasteiger partial charge in [-0.25, -0.2) is 4.79 Å². The van der Waals surface area contributed by atoms with Crippen molar-refractivity contribution in [2.24, 2.45) is 0 Å². The number of carbonyl (C=O) groups excluding carboxylic acids is 2. The molecule has 34 heavy (non-hydrogen) atoms. The Morgan fingerprint density at radius 2 is 1.74 bits per heavy atom. The van der Waals surface area contributed by atoms with E-state index in [9.17, 15) is 9.59 Å². The van der Waals surface area contributed by atoms with E-state index in [1.165, 1.54) is 0 Å². The molecular weight excluding hydrogens is 431 g/mol. The molecule has 1 aliphatic rings. The molecule has 0 aliphatic carbocycles. The first-order chi connectivity index (χ1) is 16.1. The lowest BCUT2D eigenvalue weighted by molar-refractivity contribution is 0.00578. The van der Waals surface area contributed by atoms with Gasteiger partial charge in [0.2, 0.25) is 0 Å². The van der Waals surface area contributed by atoms with Gasteiger partial charge in [-0.15, -0.1) is 0 Å². The van der Waals surface area contributed by atoms with Crippen LogP contribution in [0.1, 0.15) is 55.6 Å². The Kier molecular flexibility index (Phi) is 7.92. The molecule has 0 atom stereocenters. The van der Waals surface area contributed by atoms with Crippen molar-refractivity contribution in [3.63, 3.8) is 0 Å². The van der Waals surface area contributed by atoms with Crippen LogP contribution in [0.2, 0.25) is 0 Å². The van der Waals surface area contributed by atoms with Gasteiger partial charge in [0.1, 0.15) is 6.61 Å². The minimum Gasteiger partial charge on any atom is -0.445 e. The summed E-state index contributed by atoms with van der Waals surface area (Å²) >= 11 is 0. The van der Waals surface area contributed by atoms with E-state index in [-0.39, 0.29) is 25.4 Å². The Morgan fingerprint density at radius 3 is 2.38 bits per heavy atom. The summed E-state index contributed by atoms with van der Waals surface area (Å²) in [6.45, 7) is 8.09. The fourth-order valence-electron chi connectivity index (χ4n) is 3.34. The Balaban J connectivity index is 1.78. The maximum absolute atomic E-state index is 12.3. The molecule has 3 rings (SSSR count). The third kappa shape index (κ3) is 6.34. The van der Waals surface area contributed by atoms with Crippen molar-refractivity contribution in [3.8, 4) is 6.07 Å². The minimum atomic E-state index is -0.696. The highest BCUT2D eigenvalue weighted by Crippen LogP contribution is 2.38. The van der Waals surface area contributed by atoms with Crippen LogP contribution >= 0.6 is 0 Å². The normalized spacial score (nSPS) is 16.6. The third-order valence-corrected chi connectivity index (χ3v) is 6.01. The van der Waals surface area contributed by atoms with Gasteiger partial charge in [-0.2, -0.15) is 5.26 Å². The number of amides is 1. The molecule has 0 saturated carbocycles. The summed E-state index contributed by atoms with van der Waals surface area (Å²) in [6.07, 6.45) is 1.07. The summed E-state index contributed by atoms with van der Waals surface area (Å²) in [4.78, 5) is 24.5. The Hall–Kier alpha value is -3.41. The van der Waals surface area contributed by atoms with E-state index in [0.717, 1.165) is 11.1 Å². The van der Waals surface area contributed by atoms with Gasteiger partial charge < -0.3 is 19.4 Å². The molecule has 8 heteroatoms. The molecule has 1 heterocycles. The Labute approximate surface area is 200 Å². The van der Waals surface area contributed by atoms with Crippen LogP contribution in [-0.4, -0.2) is 36.7 Å². The average Bonchev–Trinajstić information content (AvgIpc) is 3.03. The molecule has 0 aromatic heterocycles. The molecule has 0 spiro atoms. The van der Waals surface area contributed by atoms with Crippen LogP contribution in [0.25, 0.3) is 6.08 Å². The molecule has 7 nitrogen and oxygen atoms in total. The summed E-state index contributed by atoms with van der Waals surface area (Å²) in [6, 6.07) is 18.3. The van der Waals surface area contributed by atoms with E-state index < -0.39 is 24.4 Å². The minimum absolute atomic E-state index is 0.126. The van der Waals surface area contributed by atoms with E-state index in [1.54, 1.807) is 18.2 Å². The number of nitrogens with one attached hydrogen (secondary N) is 1. The lowest BCUT2D eigenvalue weighted by atomic mass is 9.77. The van der Waals surface area contributed by atoms with E-state index >= 15 is 0 Å². The number of ketones is 1. The van der Waals surface area contributed by atoms with Gasteiger partial charge in [0.25, 0.3) is 0 Å². The molecule has 176 valence electrons. The SMILES string of the molecule is CC1(C)OB(C(=Cc2cccc(C(=O)CC#N)c2)CNC(=O)OCc2ccccc2)OC1(C)C. The van der Waals surface area contributed by atoms with Crippen LogP contribution in [0, 0.1) is 11.3 Å². The maximum Gasteiger partial charge on any atom is 0.492 e. The molecule has 1 aliphatic heterocycles. The second-order valence-electron chi connectivity index (χ2n) is 9.11. The number of rotatable bonds is 8. The highest BCUT2D eigenvalue weighted by Gasteiger charge is 2.52. The van der Waals surface area contributed by atoms with Crippen molar-refractivity contribution < 1.29 is 23.6 Å². The van der Waals surface area contributed by atoms with Crippen LogP contribution in [0.3, 0.4) is 0 Å². The van der Waals surface area contributed by atoms with Crippen molar-refractivity contribution in [2.75, 3.05) is 6.54 Å². The molecule has 1 amide bonds. The maximum atomic E-state index is 12.3. The summed E-state index contributed by atoms with van der Waals surface area (Å²) in [5.41, 5.74) is 1.61. The molecule has 1 N–H and O–H groups in total. The lowest BCUT2D eigenvalue weighted by Gasteiger charge is -2.32. The van der Waals surface area contributed by atoms with Gasteiger partial charge in [-0.3, -0.25) is 4.79 Å². The van der Waals surface area contributed by atoms with Crippen molar-refractivity contribution in [1.82, 2.24) is 5.32 Å². The standard InChI is InChI=1S/C26H29BN2O5/c1-25(2)26(3,4)34-27(33-25)22(16-20-11-8-12-21(15-20)23(30)13-14-28)17-29-24(31)32-18-19-9-6-5-7-10-19/h5-12,15-16H,13,17-18H2,1-4H3,(H,29,31). The number of benzene rings is 2. The van der Waals surface area contributed by atoms with Gasteiger partial charge in [-0.05, 0) is 50.4 Å². The summed E-state index contributed by atoms with van der Waals surface area (Å²) in [5, 5.41) is 11.6. The van der Waals surface area contributed by atoms with Gasteiger partial charge in [0.15, 0.2) is 5.78 Å². The van der Waals surface area contributed by atoms with Crippen LogP contribution in [0.4, 0.5) is 4.79 Å². The second-order valence-corrected chi connectivity index (χ2v) is 9.11. The predicted molar refractivity (Wildman–Crippen MR) is 130 cm³/mol. The molecule has 2 aromatic carbocycles. The first-order valence-electron chi connectivity index (χ1n) is 11.1. The Morgan fingerprint density at radius 1 is 1.06 bits per heavy atom. The van der Waals surface area contributed by atoms with Crippen LogP contribution in [-0.2, 0) is 20.7 Å². The zero-order chi connectivity index (χ0) is 24.8. The third-order valence-electron chi connectivity index (χ3n) is 6.01. The highest BCUT2D eigenvalue weighted by molar-refractivity contribution is 6.56. The topological polar surface area (TPSA) is 97.7 Å². The van der Waals surface area contributed by atoms with E-state index in [0.29, 0.717) is 11.0 Å². The van der Waals surface area contributed by atoms with Crippen molar-refractivity contribution in [2.45, 2.75) is 51.9 Å². The van der Waals surface area contributed by atoms with Crippen molar-refractivity contribution in [3.05, 3.63) is 76.8 Å². The smallest absolute Gasteiger partial charge is 0.445 e. The second kappa shape index (κ2) is 10.7. The predicted octanol–water partition coefficient (Wildman–Crippen LogP) is 4.72. The van der Waals surface area contributed by atoms with E-state index in [4.69, 9.17) is 19.3 Å². The first-order valence-corrected chi connectivity index (χ1v) is 11.1. The van der Waals surface area contributed by atoms with Crippen LogP contribution in [0.5, 0.6) is 0 Å². The molecular formula is C26H29BN2O5. The fraction of sp³-hybridized carbons (Fsp3) is 0.346. The van der Waals surface area contributed by atoms with Crippen molar-refractivity contribution >= 4 is 25.1 Å². The molecule has 0 unspecified atom stereocenters. The first kappa shape index (κ1) is 25.2. The Bertz CT molecular complexity index is 1090.